The summed E-state index contributed by atoms with van der Waals surface area (Å²) in [5.41, 5.74) is 2.71. The van der Waals surface area contributed by atoms with E-state index in [1.54, 1.807) is 0 Å². The van der Waals surface area contributed by atoms with Crippen molar-refractivity contribution < 1.29 is 4.74 Å². The summed E-state index contributed by atoms with van der Waals surface area (Å²) in [4.78, 5) is 0. The second-order valence-electron chi connectivity index (χ2n) is 5.61. The van der Waals surface area contributed by atoms with E-state index in [1.165, 1.54) is 30.5 Å². The Kier molecular flexibility index (Phi) is 4.65. The van der Waals surface area contributed by atoms with Gasteiger partial charge in [0, 0.05) is 18.8 Å². The van der Waals surface area contributed by atoms with E-state index in [2.05, 4.69) is 43.4 Å². The first-order chi connectivity index (χ1) is 8.70. The molecule has 0 aromatic heterocycles. The summed E-state index contributed by atoms with van der Waals surface area (Å²) in [6, 6.07) is 9.23. The van der Waals surface area contributed by atoms with E-state index in [1.807, 2.05) is 7.11 Å². The van der Waals surface area contributed by atoms with Crippen LogP contribution < -0.4 is 5.32 Å². The maximum atomic E-state index is 5.50. The Morgan fingerprint density at radius 3 is 2.72 bits per heavy atom. The van der Waals surface area contributed by atoms with E-state index in [4.69, 9.17) is 4.74 Å². The summed E-state index contributed by atoms with van der Waals surface area (Å²) in [6.45, 7) is 4.50. The summed E-state index contributed by atoms with van der Waals surface area (Å²) >= 11 is 0. The van der Waals surface area contributed by atoms with Gasteiger partial charge in [-0.1, -0.05) is 32.0 Å². The minimum absolute atomic E-state index is 0.433. The molecule has 100 valence electrons. The van der Waals surface area contributed by atoms with Gasteiger partial charge in [-0.3, -0.25) is 0 Å². The maximum absolute atomic E-state index is 5.50. The van der Waals surface area contributed by atoms with Crippen molar-refractivity contribution >= 4 is 5.69 Å². The number of rotatable bonds is 4. The molecule has 0 bridgehead atoms. The van der Waals surface area contributed by atoms with Crippen molar-refractivity contribution in [2.75, 3.05) is 12.4 Å². The highest BCUT2D eigenvalue weighted by molar-refractivity contribution is 5.53. The zero-order valence-corrected chi connectivity index (χ0v) is 11.8. The van der Waals surface area contributed by atoms with Gasteiger partial charge in [-0.2, -0.15) is 0 Å². The number of anilines is 1. The van der Waals surface area contributed by atoms with Gasteiger partial charge in [-0.25, -0.2) is 0 Å². The minimum Gasteiger partial charge on any atom is -0.382 e. The molecule has 0 radical (unpaired) electrons. The smallest absolute Gasteiger partial charge is 0.0590 e. The molecule has 18 heavy (non-hydrogen) atoms. The molecule has 0 amide bonds. The molecule has 1 fully saturated rings. The Balaban J connectivity index is 2.04. The van der Waals surface area contributed by atoms with Crippen LogP contribution in [0.3, 0.4) is 0 Å². The predicted octanol–water partition coefficient (Wildman–Crippen LogP) is 4.18. The lowest BCUT2D eigenvalue weighted by molar-refractivity contribution is 0.0669. The number of hydrogen-bond acceptors (Lipinski definition) is 2. The third-order valence-electron chi connectivity index (χ3n) is 3.90. The van der Waals surface area contributed by atoms with Gasteiger partial charge in [-0.05, 0) is 43.2 Å². The third kappa shape index (κ3) is 3.26. The molecule has 2 rings (SSSR count). The SMILES string of the molecule is COC1CCCC(Nc2ccccc2C(C)C)C1. The lowest BCUT2D eigenvalue weighted by atomic mass is 9.92. The predicted molar refractivity (Wildman–Crippen MR) is 77.2 cm³/mol. The van der Waals surface area contributed by atoms with Crippen LogP contribution in [0.1, 0.15) is 51.0 Å². The Morgan fingerprint density at radius 2 is 2.00 bits per heavy atom. The average molecular weight is 247 g/mol. The maximum Gasteiger partial charge on any atom is 0.0590 e. The molecule has 1 N–H and O–H groups in total. The number of hydrogen-bond donors (Lipinski definition) is 1. The largest absolute Gasteiger partial charge is 0.382 e. The fourth-order valence-electron chi connectivity index (χ4n) is 2.84. The lowest BCUT2D eigenvalue weighted by Crippen LogP contribution is -2.31. The molecule has 1 aliphatic rings. The second kappa shape index (κ2) is 6.24. The molecule has 2 nitrogen and oxygen atoms in total. The van der Waals surface area contributed by atoms with Gasteiger partial charge in [0.25, 0.3) is 0 Å². The topological polar surface area (TPSA) is 21.3 Å². The monoisotopic (exact) mass is 247 g/mol. The number of ether oxygens (including phenoxy) is 1. The highest BCUT2D eigenvalue weighted by atomic mass is 16.5. The highest BCUT2D eigenvalue weighted by Crippen LogP contribution is 2.28. The van der Waals surface area contributed by atoms with E-state index in [9.17, 15) is 0 Å². The summed E-state index contributed by atoms with van der Waals surface area (Å²) < 4.78 is 5.50. The van der Waals surface area contributed by atoms with Crippen LogP contribution in [0.15, 0.2) is 24.3 Å². The van der Waals surface area contributed by atoms with Crippen molar-refractivity contribution in [3.8, 4) is 0 Å². The number of methoxy groups -OCH3 is 1. The summed E-state index contributed by atoms with van der Waals surface area (Å²) in [7, 11) is 1.83. The molecule has 2 atom stereocenters. The quantitative estimate of drug-likeness (QED) is 0.861. The van der Waals surface area contributed by atoms with E-state index in [0.717, 1.165) is 6.42 Å². The molecule has 2 unspecified atom stereocenters. The first-order valence-corrected chi connectivity index (χ1v) is 7.09. The molecular weight excluding hydrogens is 222 g/mol. The number of para-hydroxylation sites is 1. The molecule has 0 aliphatic heterocycles. The summed E-state index contributed by atoms with van der Waals surface area (Å²) in [5.74, 6) is 0.565. The molecule has 0 spiro atoms. The normalized spacial score (nSPS) is 24.2. The van der Waals surface area contributed by atoms with E-state index >= 15 is 0 Å². The van der Waals surface area contributed by atoms with Crippen LogP contribution in [0, 0.1) is 0 Å². The molecule has 1 aromatic carbocycles. The fraction of sp³-hybridized carbons (Fsp3) is 0.625. The second-order valence-corrected chi connectivity index (χ2v) is 5.61. The van der Waals surface area contributed by atoms with Crippen molar-refractivity contribution in [1.82, 2.24) is 0 Å². The van der Waals surface area contributed by atoms with Gasteiger partial charge in [-0.15, -0.1) is 0 Å². The Bertz CT molecular complexity index is 375. The first kappa shape index (κ1) is 13.4. The zero-order chi connectivity index (χ0) is 13.0. The van der Waals surface area contributed by atoms with Crippen LogP contribution in [-0.4, -0.2) is 19.3 Å². The molecule has 0 saturated heterocycles. The highest BCUT2D eigenvalue weighted by Gasteiger charge is 2.22. The van der Waals surface area contributed by atoms with E-state index < -0.39 is 0 Å². The van der Waals surface area contributed by atoms with Gasteiger partial charge < -0.3 is 10.1 Å². The molecule has 1 aromatic rings. The molecule has 1 aliphatic carbocycles. The third-order valence-corrected chi connectivity index (χ3v) is 3.90. The van der Waals surface area contributed by atoms with Crippen molar-refractivity contribution in [3.63, 3.8) is 0 Å². The van der Waals surface area contributed by atoms with Crippen molar-refractivity contribution in [2.24, 2.45) is 0 Å². The summed E-state index contributed by atoms with van der Waals surface area (Å²) in [5, 5.41) is 3.72. The molecule has 0 heterocycles. The van der Waals surface area contributed by atoms with E-state index in [-0.39, 0.29) is 0 Å². The molecular formula is C16H25NO. The van der Waals surface area contributed by atoms with Gasteiger partial charge in [0.1, 0.15) is 0 Å². The lowest BCUT2D eigenvalue weighted by Gasteiger charge is -2.30. The van der Waals surface area contributed by atoms with Crippen LogP contribution in [-0.2, 0) is 4.74 Å². The van der Waals surface area contributed by atoms with Crippen LogP contribution in [0.5, 0.6) is 0 Å². The Morgan fingerprint density at radius 1 is 1.22 bits per heavy atom. The average Bonchev–Trinajstić information content (AvgIpc) is 2.39. The zero-order valence-electron chi connectivity index (χ0n) is 11.8. The Hall–Kier alpha value is -1.02. The first-order valence-electron chi connectivity index (χ1n) is 7.09. The van der Waals surface area contributed by atoms with Crippen LogP contribution in [0.25, 0.3) is 0 Å². The van der Waals surface area contributed by atoms with Gasteiger partial charge in [0.2, 0.25) is 0 Å². The minimum atomic E-state index is 0.433. The van der Waals surface area contributed by atoms with E-state index in [0.29, 0.717) is 18.1 Å². The molecule has 2 heteroatoms. The fourth-order valence-corrected chi connectivity index (χ4v) is 2.84. The van der Waals surface area contributed by atoms with Crippen LogP contribution >= 0.6 is 0 Å². The van der Waals surface area contributed by atoms with Crippen molar-refractivity contribution in [2.45, 2.75) is 57.6 Å². The summed E-state index contributed by atoms with van der Waals surface area (Å²) in [6.07, 6.45) is 5.29. The van der Waals surface area contributed by atoms with Crippen LogP contribution in [0.4, 0.5) is 5.69 Å². The van der Waals surface area contributed by atoms with Gasteiger partial charge in [0.05, 0.1) is 6.10 Å². The number of benzene rings is 1. The Labute approximate surface area is 111 Å². The number of nitrogens with one attached hydrogen (secondary N) is 1. The van der Waals surface area contributed by atoms with Crippen molar-refractivity contribution in [1.29, 1.82) is 0 Å². The molecule has 1 saturated carbocycles. The van der Waals surface area contributed by atoms with Crippen LogP contribution in [0.2, 0.25) is 0 Å². The standard InChI is InChI=1S/C16H25NO/c1-12(2)15-9-4-5-10-16(15)17-13-7-6-8-14(11-13)18-3/h4-5,9-10,12-14,17H,6-8,11H2,1-3H3. The van der Waals surface area contributed by atoms with Gasteiger partial charge >= 0.3 is 0 Å². The van der Waals surface area contributed by atoms with Gasteiger partial charge in [0.15, 0.2) is 0 Å². The van der Waals surface area contributed by atoms with Crippen molar-refractivity contribution in [3.05, 3.63) is 29.8 Å².